The number of carbonyl (C=O) groups excluding carboxylic acids is 3. The van der Waals surface area contributed by atoms with E-state index in [0.29, 0.717) is 5.57 Å². The van der Waals surface area contributed by atoms with Gasteiger partial charge in [0.05, 0.1) is 12.8 Å². The lowest BCUT2D eigenvalue weighted by Gasteiger charge is -2.48. The number of carbonyl (C=O) groups is 4. The minimum atomic E-state index is -1.22. The van der Waals surface area contributed by atoms with Gasteiger partial charge in [0, 0.05) is 18.4 Å². The number of urea groups is 1. The molecule has 4 amide bonds. The lowest BCUT2D eigenvalue weighted by Crippen LogP contribution is -2.73. The summed E-state index contributed by atoms with van der Waals surface area (Å²) in [6, 6.07) is -1.76. The van der Waals surface area contributed by atoms with E-state index in [-0.39, 0.29) is 41.8 Å². The Kier molecular flexibility index (Phi) is 4.71. The zero-order valence-electron chi connectivity index (χ0n) is 15.0. The van der Waals surface area contributed by atoms with Gasteiger partial charge in [-0.1, -0.05) is 11.8 Å². The van der Waals surface area contributed by atoms with Crippen molar-refractivity contribution >= 4 is 35.6 Å². The number of β-lactam (4-membered cyclic amide) rings is 1. The molecule has 1 aromatic rings. The van der Waals surface area contributed by atoms with Crippen LogP contribution in [0.2, 0.25) is 0 Å². The predicted molar refractivity (Wildman–Crippen MR) is 92.9 cm³/mol. The van der Waals surface area contributed by atoms with Crippen molar-refractivity contribution in [3.8, 4) is 0 Å². The minimum Gasteiger partial charge on any atom is -0.477 e. The number of nitrogens with zero attached hydrogens (tertiary/aromatic N) is 6. The van der Waals surface area contributed by atoms with E-state index in [4.69, 9.17) is 10.5 Å². The van der Waals surface area contributed by atoms with Crippen molar-refractivity contribution in [2.45, 2.75) is 29.9 Å². The van der Waals surface area contributed by atoms with Crippen LogP contribution >= 0.6 is 11.8 Å². The van der Waals surface area contributed by atoms with E-state index in [2.05, 4.69) is 20.8 Å². The third kappa shape index (κ3) is 3.02. The van der Waals surface area contributed by atoms with Gasteiger partial charge in [-0.3, -0.25) is 24.7 Å². The van der Waals surface area contributed by atoms with Gasteiger partial charge in [-0.05, 0) is 10.4 Å². The van der Waals surface area contributed by atoms with E-state index in [1.165, 1.54) is 16.6 Å². The normalized spacial score (nSPS) is 24.9. The van der Waals surface area contributed by atoms with Crippen LogP contribution in [0.25, 0.3) is 0 Å². The Bertz CT molecular complexity index is 946. The molecule has 1 unspecified atom stereocenters. The number of nitrogens with one attached hydrogen (secondary N) is 1. The number of aliphatic carboxylic acids is 1. The molecule has 4 rings (SSSR count). The Morgan fingerprint density at radius 2 is 2.21 bits per heavy atom. The first kappa shape index (κ1) is 19.3. The fourth-order valence-corrected chi connectivity index (χ4v) is 4.43. The van der Waals surface area contributed by atoms with Gasteiger partial charge in [0.1, 0.15) is 24.4 Å². The summed E-state index contributed by atoms with van der Waals surface area (Å²) in [6.45, 7) is -0.184. The molecular weight excluding hydrogens is 408 g/mol. The number of thioether (sulfide) groups is 1. The Morgan fingerprint density at radius 3 is 2.90 bits per heavy atom. The van der Waals surface area contributed by atoms with Gasteiger partial charge >= 0.3 is 12.0 Å². The van der Waals surface area contributed by atoms with Gasteiger partial charge in [0.2, 0.25) is 11.1 Å². The number of likely N-dealkylation sites (N-methyl/N-ethyl adjacent to an activating group) is 1. The van der Waals surface area contributed by atoms with Crippen LogP contribution in [-0.2, 0) is 25.7 Å². The van der Waals surface area contributed by atoms with E-state index in [1.807, 2.05) is 0 Å². The zero-order valence-corrected chi connectivity index (χ0v) is 15.8. The van der Waals surface area contributed by atoms with Gasteiger partial charge in [-0.25, -0.2) is 14.3 Å². The Balaban J connectivity index is 1.52. The fourth-order valence-electron chi connectivity index (χ4n) is 3.50. The Labute approximate surface area is 167 Å². The number of rotatable bonds is 6. The number of nitrogens with two attached hydrogens (primary N) is 1. The molecule has 15 heteroatoms. The third-order valence-electron chi connectivity index (χ3n) is 4.96. The second-order valence-electron chi connectivity index (χ2n) is 6.49. The molecule has 4 N–H and O–H groups in total. The number of aromatic nitrogens is 4. The highest BCUT2D eigenvalue weighted by Crippen LogP contribution is 2.43. The van der Waals surface area contributed by atoms with E-state index in [0.717, 1.165) is 16.7 Å². The monoisotopic (exact) mass is 424 g/mol. The van der Waals surface area contributed by atoms with Crippen molar-refractivity contribution in [1.29, 1.82) is 0 Å². The van der Waals surface area contributed by atoms with Crippen molar-refractivity contribution in [2.24, 2.45) is 5.73 Å². The molecular formula is C14H16N8O6S. The molecule has 3 aliphatic heterocycles. The Morgan fingerprint density at radius 1 is 1.45 bits per heavy atom. The first-order valence-electron chi connectivity index (χ1n) is 8.40. The summed E-state index contributed by atoms with van der Waals surface area (Å²) in [5.41, 5.74) is 5.41. The molecule has 1 aromatic heterocycles. The number of ether oxygens (including phenoxy) is 1. The molecule has 154 valence electrons. The highest BCUT2D eigenvalue weighted by Gasteiger charge is 2.62. The average Bonchev–Trinajstić information content (AvgIpc) is 3.26. The van der Waals surface area contributed by atoms with Crippen LogP contribution in [0.5, 0.6) is 0 Å². The summed E-state index contributed by atoms with van der Waals surface area (Å²) in [6.07, 6.45) is -0.537. The summed E-state index contributed by atoms with van der Waals surface area (Å²) >= 11 is 1.09. The maximum absolute atomic E-state index is 12.2. The molecule has 2 fully saturated rings. The van der Waals surface area contributed by atoms with Crippen molar-refractivity contribution in [2.75, 3.05) is 19.5 Å². The molecule has 0 spiro atoms. The van der Waals surface area contributed by atoms with Crippen molar-refractivity contribution in [3.05, 3.63) is 11.3 Å². The number of carboxylic acids is 1. The lowest BCUT2D eigenvalue weighted by atomic mass is 9.91. The number of amides is 4. The second-order valence-corrected chi connectivity index (χ2v) is 7.43. The highest BCUT2D eigenvalue weighted by atomic mass is 32.2. The smallest absolute Gasteiger partial charge is 0.352 e. The van der Waals surface area contributed by atoms with E-state index in [1.54, 1.807) is 0 Å². The third-order valence-corrected chi connectivity index (χ3v) is 5.96. The summed E-state index contributed by atoms with van der Waals surface area (Å²) in [4.78, 5) is 49.1. The molecule has 0 radical (unpaired) electrons. The molecule has 0 aliphatic carbocycles. The van der Waals surface area contributed by atoms with Gasteiger partial charge in [0.25, 0.3) is 5.91 Å². The van der Waals surface area contributed by atoms with Crippen LogP contribution in [-0.4, -0.2) is 96.6 Å². The molecule has 14 nitrogen and oxygen atoms in total. The number of primary amides is 1. The van der Waals surface area contributed by atoms with Crippen LogP contribution in [0.3, 0.4) is 0 Å². The van der Waals surface area contributed by atoms with Gasteiger partial charge in [-0.15, -0.1) is 5.10 Å². The molecule has 29 heavy (non-hydrogen) atoms. The number of hydrogen-bond acceptors (Lipinski definition) is 10. The summed E-state index contributed by atoms with van der Waals surface area (Å²) in [5, 5.41) is 23.8. The molecule has 2 saturated heterocycles. The molecule has 3 aliphatic rings. The van der Waals surface area contributed by atoms with E-state index >= 15 is 0 Å². The number of imide groups is 1. The highest BCUT2D eigenvalue weighted by molar-refractivity contribution is 7.99. The Hall–Kier alpha value is -3.04. The molecule has 0 bridgehead atoms. The van der Waals surface area contributed by atoms with Crippen molar-refractivity contribution < 1.29 is 29.0 Å². The predicted octanol–water partition coefficient (Wildman–Crippen LogP) is -2.82. The van der Waals surface area contributed by atoms with Crippen LogP contribution in [0.15, 0.2) is 16.4 Å². The van der Waals surface area contributed by atoms with Crippen LogP contribution < -0.4 is 11.1 Å². The van der Waals surface area contributed by atoms with E-state index < -0.39 is 30.1 Å². The van der Waals surface area contributed by atoms with Crippen LogP contribution in [0.1, 0.15) is 0 Å². The zero-order chi connectivity index (χ0) is 20.9. The van der Waals surface area contributed by atoms with Gasteiger partial charge in [-0.2, -0.15) is 0 Å². The summed E-state index contributed by atoms with van der Waals surface area (Å²) < 4.78 is 6.83. The first-order chi connectivity index (χ1) is 13.8. The largest absolute Gasteiger partial charge is 0.477 e. The van der Waals surface area contributed by atoms with Crippen LogP contribution in [0.4, 0.5) is 4.79 Å². The van der Waals surface area contributed by atoms with Gasteiger partial charge < -0.3 is 15.6 Å². The molecule has 0 saturated carbocycles. The molecule has 3 atom stereocenters. The summed E-state index contributed by atoms with van der Waals surface area (Å²) in [5.74, 6) is -1.99. The average molecular weight is 424 g/mol. The SMILES string of the molecule is CN(C(N)=O)C(=O)Cn1nnnc1SCC1=C(C(=O)O)N2C(=O)[C@H]3NCOC1[C@H]32. The fraction of sp³-hybridized carbons (Fsp3) is 0.500. The molecule has 0 aromatic carbocycles. The topological polar surface area (TPSA) is 186 Å². The van der Waals surface area contributed by atoms with Crippen LogP contribution in [0, 0.1) is 0 Å². The maximum Gasteiger partial charge on any atom is 0.352 e. The number of carboxylic acid groups (broad SMARTS) is 1. The van der Waals surface area contributed by atoms with Gasteiger partial charge in [0.15, 0.2) is 0 Å². The molecule has 4 heterocycles. The summed E-state index contributed by atoms with van der Waals surface area (Å²) in [7, 11) is 1.23. The van der Waals surface area contributed by atoms with E-state index in [9.17, 15) is 24.3 Å². The second kappa shape index (κ2) is 7.09. The van der Waals surface area contributed by atoms with Crippen molar-refractivity contribution in [1.82, 2.24) is 35.3 Å². The standard InChI is InChI=1S/C14H16N8O6S/c1-20(13(15)27)6(23)2-21-14(17-18-19-21)29-3-5-8(12(25)26)22-9-7(11(22)24)16-4-28-10(5)9/h7,9-10,16H,2-4H2,1H3,(H2,15,27)(H,25,26)/t7-,9-,10?/m0/s1. The number of hydrogen-bond donors (Lipinski definition) is 3. The minimum absolute atomic E-state index is 0.0963. The first-order valence-corrected chi connectivity index (χ1v) is 9.39. The lowest BCUT2D eigenvalue weighted by molar-refractivity contribution is -0.163. The maximum atomic E-state index is 12.2. The van der Waals surface area contributed by atoms with Crippen molar-refractivity contribution in [3.63, 3.8) is 0 Å². The quantitative estimate of drug-likeness (QED) is 0.316. The number of tetrazole rings is 1.